The quantitative estimate of drug-likeness (QED) is 0.167. The molecule has 290 valence electrons. The van der Waals surface area contributed by atoms with Gasteiger partial charge in [-0.25, -0.2) is 9.97 Å². The van der Waals surface area contributed by atoms with E-state index in [0.717, 1.165) is 39.2 Å². The molecule has 1 aliphatic carbocycles. The number of rotatable bonds is 6. The van der Waals surface area contributed by atoms with Crippen molar-refractivity contribution in [3.8, 4) is 78.4 Å². The van der Waals surface area contributed by atoms with Crippen molar-refractivity contribution >= 4 is 11.8 Å². The van der Waals surface area contributed by atoms with Gasteiger partial charge in [0.15, 0.2) is 5.82 Å². The highest BCUT2D eigenvalue weighted by Gasteiger charge is 2.50. The molecule has 2 heterocycles. The number of nitrogens with zero attached hydrogens (tertiary/aromatic N) is 2. The van der Waals surface area contributed by atoms with E-state index in [-0.39, 0.29) is 5.41 Å². The van der Waals surface area contributed by atoms with Gasteiger partial charge in [0, 0.05) is 26.5 Å². The van der Waals surface area contributed by atoms with Gasteiger partial charge in [-0.1, -0.05) is 212 Å². The lowest BCUT2D eigenvalue weighted by molar-refractivity contribution is 0.722. The molecule has 0 atom stereocenters. The highest BCUT2D eigenvalue weighted by molar-refractivity contribution is 7.99. The summed E-state index contributed by atoms with van der Waals surface area (Å²) in [7, 11) is 0. The first-order valence-corrected chi connectivity index (χ1v) is 22.0. The van der Waals surface area contributed by atoms with Crippen molar-refractivity contribution in [1.29, 1.82) is 0 Å². The van der Waals surface area contributed by atoms with Gasteiger partial charge in [0.25, 0.3) is 0 Å². The van der Waals surface area contributed by atoms with Crippen molar-refractivity contribution in [3.63, 3.8) is 0 Å². The topological polar surface area (TPSA) is 25.8 Å². The van der Waals surface area contributed by atoms with Crippen molar-refractivity contribution in [3.05, 3.63) is 253 Å². The summed E-state index contributed by atoms with van der Waals surface area (Å²) in [5.74, 6) is 0.705. The molecular weight excluding hydrogens is 769 g/mol. The Bertz CT molecular complexity index is 3270. The highest BCUT2D eigenvalue weighted by atomic mass is 32.2. The van der Waals surface area contributed by atoms with E-state index >= 15 is 0 Å². The maximum absolute atomic E-state index is 5.17. The Morgan fingerprint density at radius 1 is 0.274 bits per heavy atom. The first-order valence-electron chi connectivity index (χ1n) is 21.1. The van der Waals surface area contributed by atoms with Gasteiger partial charge in [-0.3, -0.25) is 0 Å². The van der Waals surface area contributed by atoms with Crippen LogP contribution < -0.4 is 0 Å². The minimum absolute atomic E-state index is 0.377. The molecule has 0 bridgehead atoms. The summed E-state index contributed by atoms with van der Waals surface area (Å²) in [5.41, 5.74) is 19.6. The van der Waals surface area contributed by atoms with Crippen LogP contribution in [-0.4, -0.2) is 9.97 Å². The number of aromatic nitrogens is 2. The molecule has 1 aliphatic heterocycles. The van der Waals surface area contributed by atoms with Crippen molar-refractivity contribution in [2.75, 3.05) is 0 Å². The molecule has 0 fully saturated rings. The predicted octanol–water partition coefficient (Wildman–Crippen LogP) is 15.3. The second kappa shape index (κ2) is 14.8. The number of hydrogen-bond acceptors (Lipinski definition) is 3. The number of fused-ring (bicyclic) bond motifs is 9. The first-order chi connectivity index (χ1) is 30.7. The van der Waals surface area contributed by atoms with Gasteiger partial charge in [-0.15, -0.1) is 0 Å². The van der Waals surface area contributed by atoms with Crippen LogP contribution >= 0.6 is 11.8 Å². The monoisotopic (exact) mass is 806 g/mol. The second-order valence-corrected chi connectivity index (χ2v) is 17.2. The molecule has 3 heteroatoms. The lowest BCUT2D eigenvalue weighted by atomic mass is 9.67. The summed E-state index contributed by atoms with van der Waals surface area (Å²) in [6, 6.07) is 83.4. The Hall–Kier alpha value is -7.59. The largest absolute Gasteiger partial charge is 0.228 e. The van der Waals surface area contributed by atoms with Crippen LogP contribution in [0.2, 0.25) is 0 Å². The normalized spacial score (nSPS) is 12.9. The first kappa shape index (κ1) is 36.3. The molecule has 10 aromatic rings. The summed E-state index contributed by atoms with van der Waals surface area (Å²) >= 11 is 1.89. The average Bonchev–Trinajstić information content (AvgIpc) is 3.65. The van der Waals surface area contributed by atoms with Crippen LogP contribution in [0.5, 0.6) is 0 Å². The molecule has 0 unspecified atom stereocenters. The van der Waals surface area contributed by atoms with Gasteiger partial charge in [-0.2, -0.15) is 0 Å². The third-order valence-corrected chi connectivity index (χ3v) is 13.7. The zero-order valence-corrected chi connectivity index (χ0v) is 34.6. The van der Waals surface area contributed by atoms with Gasteiger partial charge in [-0.05, 0) is 97.1 Å². The molecular formula is C59H38N2S. The molecule has 12 rings (SSSR count). The van der Waals surface area contributed by atoms with E-state index in [1.54, 1.807) is 0 Å². The Balaban J connectivity index is 0.924. The van der Waals surface area contributed by atoms with Crippen LogP contribution in [0.15, 0.2) is 240 Å². The molecule has 62 heavy (non-hydrogen) atoms. The van der Waals surface area contributed by atoms with E-state index in [2.05, 4.69) is 206 Å². The van der Waals surface area contributed by atoms with Crippen molar-refractivity contribution in [2.45, 2.75) is 15.2 Å². The van der Waals surface area contributed by atoms with Gasteiger partial charge >= 0.3 is 0 Å². The third-order valence-electron chi connectivity index (χ3n) is 12.6. The SMILES string of the molecule is c1ccc(-c2ccc(-c3cc(-c4cccc(-c5cccc(-c6ccc7c(c6)Sc6ccccc6C76c7ccccc7-c7ccccc76)c5)c4)nc(-c4ccccc4)n3)cc2)cc1. The van der Waals surface area contributed by atoms with Crippen molar-refractivity contribution < 1.29 is 0 Å². The van der Waals surface area contributed by atoms with E-state index in [1.807, 2.05) is 36.0 Å². The summed E-state index contributed by atoms with van der Waals surface area (Å²) < 4.78 is 0. The van der Waals surface area contributed by atoms with E-state index in [1.165, 1.54) is 65.4 Å². The Labute approximate surface area is 366 Å². The fourth-order valence-corrected chi connectivity index (χ4v) is 10.9. The predicted molar refractivity (Wildman–Crippen MR) is 256 cm³/mol. The fourth-order valence-electron chi connectivity index (χ4n) is 9.70. The molecule has 1 aromatic heterocycles. The molecule has 2 nitrogen and oxygen atoms in total. The maximum atomic E-state index is 5.17. The molecule has 9 aromatic carbocycles. The molecule has 0 radical (unpaired) electrons. The lowest BCUT2D eigenvalue weighted by Gasteiger charge is -2.39. The van der Waals surface area contributed by atoms with Gasteiger partial charge < -0.3 is 0 Å². The standard InChI is InChI=1S/C59H38N2S/c1-3-15-39(16-4-1)40-29-31-41(32-30-40)54-38-55(61-58(60-54)42-17-5-2-6-18-42)47-22-14-21-45(36-47)43-19-13-20-44(35-43)46-33-34-53-57(37-46)62-56-28-12-11-27-52(56)59(53)50-25-9-7-23-48(50)49-24-8-10-26-51(49)59/h1-38H. The van der Waals surface area contributed by atoms with Crippen LogP contribution in [0.1, 0.15) is 22.3 Å². The minimum Gasteiger partial charge on any atom is -0.228 e. The van der Waals surface area contributed by atoms with Crippen molar-refractivity contribution in [2.24, 2.45) is 0 Å². The zero-order valence-electron chi connectivity index (χ0n) is 33.7. The highest BCUT2D eigenvalue weighted by Crippen LogP contribution is 2.62. The number of hydrogen-bond donors (Lipinski definition) is 0. The Morgan fingerprint density at radius 2 is 0.710 bits per heavy atom. The van der Waals surface area contributed by atoms with Crippen LogP contribution in [0, 0.1) is 0 Å². The molecule has 0 saturated carbocycles. The Kier molecular flexibility index (Phi) is 8.69. The van der Waals surface area contributed by atoms with Gasteiger partial charge in [0.05, 0.1) is 16.8 Å². The summed E-state index contributed by atoms with van der Waals surface area (Å²) in [6.07, 6.45) is 0. The lowest BCUT2D eigenvalue weighted by Crippen LogP contribution is -2.31. The third kappa shape index (κ3) is 5.96. The van der Waals surface area contributed by atoms with Gasteiger partial charge in [0.1, 0.15) is 0 Å². The second-order valence-electron chi connectivity index (χ2n) is 16.1. The molecule has 0 amide bonds. The maximum Gasteiger partial charge on any atom is 0.160 e. The van der Waals surface area contributed by atoms with E-state index in [9.17, 15) is 0 Å². The summed E-state index contributed by atoms with van der Waals surface area (Å²) in [4.78, 5) is 12.9. The molecule has 0 N–H and O–H groups in total. The van der Waals surface area contributed by atoms with Crippen LogP contribution in [0.3, 0.4) is 0 Å². The zero-order chi connectivity index (χ0) is 41.0. The van der Waals surface area contributed by atoms with E-state index in [0.29, 0.717) is 5.82 Å². The fraction of sp³-hybridized carbons (Fsp3) is 0.0169. The van der Waals surface area contributed by atoms with E-state index < -0.39 is 0 Å². The van der Waals surface area contributed by atoms with Crippen LogP contribution in [-0.2, 0) is 5.41 Å². The van der Waals surface area contributed by atoms with Gasteiger partial charge in [0.2, 0.25) is 0 Å². The number of benzene rings is 9. The van der Waals surface area contributed by atoms with E-state index in [4.69, 9.17) is 9.97 Å². The average molecular weight is 807 g/mol. The molecule has 1 spiro atoms. The minimum atomic E-state index is -0.377. The smallest absolute Gasteiger partial charge is 0.160 e. The Morgan fingerprint density at radius 3 is 1.37 bits per heavy atom. The van der Waals surface area contributed by atoms with Crippen LogP contribution in [0.25, 0.3) is 78.4 Å². The summed E-state index contributed by atoms with van der Waals surface area (Å²) in [5, 5.41) is 0. The molecule has 2 aliphatic rings. The van der Waals surface area contributed by atoms with Crippen molar-refractivity contribution in [1.82, 2.24) is 9.97 Å². The van der Waals surface area contributed by atoms with Crippen LogP contribution in [0.4, 0.5) is 0 Å². The molecule has 0 saturated heterocycles. The summed E-state index contributed by atoms with van der Waals surface area (Å²) in [6.45, 7) is 0.